The molecule has 1 N–H and O–H groups in total. The van der Waals surface area contributed by atoms with Crippen LogP contribution in [0.1, 0.15) is 10.5 Å². The molecule has 0 aliphatic rings. The second-order valence-corrected chi connectivity index (χ2v) is 4.00. The molecule has 3 rings (SSSR count). The van der Waals surface area contributed by atoms with Crippen molar-refractivity contribution in [2.75, 3.05) is 0 Å². The van der Waals surface area contributed by atoms with E-state index in [1.54, 1.807) is 18.5 Å². The molecule has 0 spiro atoms. The Labute approximate surface area is 114 Å². The van der Waals surface area contributed by atoms with Crippen molar-refractivity contribution in [2.24, 2.45) is 0 Å². The third kappa shape index (κ3) is 2.54. The molecule has 0 aliphatic heterocycles. The molecule has 6 heteroatoms. The number of para-hydroxylation sites is 1. The Morgan fingerprint density at radius 2 is 1.85 bits per heavy atom. The van der Waals surface area contributed by atoms with Gasteiger partial charge in [0.15, 0.2) is 6.29 Å². The van der Waals surface area contributed by atoms with Crippen LogP contribution in [-0.2, 0) is 0 Å². The predicted octanol–water partition coefficient (Wildman–Crippen LogP) is 2.47. The lowest BCUT2D eigenvalue weighted by atomic mass is 10.2. The van der Waals surface area contributed by atoms with Crippen LogP contribution in [0, 0.1) is 0 Å². The van der Waals surface area contributed by atoms with E-state index < -0.39 is 0 Å². The first-order valence-corrected chi connectivity index (χ1v) is 5.91. The van der Waals surface area contributed by atoms with E-state index >= 15 is 0 Å². The SMILES string of the molecule is O=Cc1cc(-c2cnc(Oc3ccccc3)nc2)n[nH]1. The summed E-state index contributed by atoms with van der Waals surface area (Å²) in [6.07, 6.45) is 3.89. The van der Waals surface area contributed by atoms with Gasteiger partial charge in [-0.3, -0.25) is 9.89 Å². The fraction of sp³-hybridized carbons (Fsp3) is 0. The van der Waals surface area contributed by atoms with Crippen molar-refractivity contribution in [1.29, 1.82) is 0 Å². The summed E-state index contributed by atoms with van der Waals surface area (Å²) in [4.78, 5) is 18.8. The van der Waals surface area contributed by atoms with Crippen LogP contribution in [0.25, 0.3) is 11.3 Å². The number of ether oxygens (including phenoxy) is 1. The Hall–Kier alpha value is -3.02. The van der Waals surface area contributed by atoms with Gasteiger partial charge in [-0.05, 0) is 18.2 Å². The second kappa shape index (κ2) is 5.31. The van der Waals surface area contributed by atoms with Crippen LogP contribution in [0.3, 0.4) is 0 Å². The second-order valence-electron chi connectivity index (χ2n) is 4.00. The van der Waals surface area contributed by atoms with Gasteiger partial charge in [0.1, 0.15) is 5.75 Å². The third-order valence-corrected chi connectivity index (χ3v) is 2.60. The Kier molecular flexibility index (Phi) is 3.20. The Morgan fingerprint density at radius 3 is 2.50 bits per heavy atom. The molecule has 98 valence electrons. The number of carbonyl (C=O) groups is 1. The van der Waals surface area contributed by atoms with Gasteiger partial charge in [-0.2, -0.15) is 5.10 Å². The summed E-state index contributed by atoms with van der Waals surface area (Å²) in [7, 11) is 0. The lowest BCUT2D eigenvalue weighted by molar-refractivity contribution is 0.111. The summed E-state index contributed by atoms with van der Waals surface area (Å²) in [6.45, 7) is 0. The van der Waals surface area contributed by atoms with Crippen molar-refractivity contribution >= 4 is 6.29 Å². The van der Waals surface area contributed by atoms with E-state index in [1.807, 2.05) is 30.3 Å². The molecule has 0 atom stereocenters. The molecule has 0 saturated carbocycles. The predicted molar refractivity (Wildman–Crippen MR) is 71.5 cm³/mol. The fourth-order valence-electron chi connectivity index (χ4n) is 1.64. The van der Waals surface area contributed by atoms with Crippen LogP contribution in [0.4, 0.5) is 0 Å². The Morgan fingerprint density at radius 1 is 1.10 bits per heavy atom. The first-order valence-electron chi connectivity index (χ1n) is 5.91. The maximum atomic E-state index is 10.6. The number of aromatic amines is 1. The van der Waals surface area contributed by atoms with Crippen molar-refractivity contribution in [1.82, 2.24) is 20.2 Å². The zero-order valence-electron chi connectivity index (χ0n) is 10.4. The molecule has 0 bridgehead atoms. The van der Waals surface area contributed by atoms with Crippen molar-refractivity contribution in [3.8, 4) is 23.0 Å². The highest BCUT2D eigenvalue weighted by atomic mass is 16.5. The minimum absolute atomic E-state index is 0.256. The number of carbonyl (C=O) groups excluding carboxylic acids is 1. The Bertz CT molecular complexity index is 708. The molecular formula is C14H10N4O2. The maximum absolute atomic E-state index is 10.6. The van der Waals surface area contributed by atoms with E-state index in [2.05, 4.69) is 20.2 Å². The molecule has 6 nitrogen and oxygen atoms in total. The zero-order chi connectivity index (χ0) is 13.8. The van der Waals surface area contributed by atoms with Gasteiger partial charge in [0.2, 0.25) is 0 Å². The van der Waals surface area contributed by atoms with Crippen molar-refractivity contribution < 1.29 is 9.53 Å². The van der Waals surface area contributed by atoms with E-state index in [0.29, 0.717) is 29.0 Å². The van der Waals surface area contributed by atoms with Crippen LogP contribution >= 0.6 is 0 Å². The average Bonchev–Trinajstić information content (AvgIpc) is 2.98. The van der Waals surface area contributed by atoms with Gasteiger partial charge in [-0.1, -0.05) is 18.2 Å². The monoisotopic (exact) mass is 266 g/mol. The normalized spacial score (nSPS) is 10.2. The maximum Gasteiger partial charge on any atom is 0.321 e. The molecule has 2 heterocycles. The number of H-pyrrole nitrogens is 1. The van der Waals surface area contributed by atoms with Gasteiger partial charge in [0.25, 0.3) is 0 Å². The number of nitrogens with zero attached hydrogens (tertiary/aromatic N) is 3. The van der Waals surface area contributed by atoms with Gasteiger partial charge in [0.05, 0.1) is 11.4 Å². The molecule has 2 aromatic heterocycles. The highest BCUT2D eigenvalue weighted by molar-refractivity contribution is 5.74. The van der Waals surface area contributed by atoms with Gasteiger partial charge in [-0.25, -0.2) is 9.97 Å². The van der Waals surface area contributed by atoms with Crippen LogP contribution in [-0.4, -0.2) is 26.5 Å². The van der Waals surface area contributed by atoms with Crippen LogP contribution in [0.5, 0.6) is 11.8 Å². The van der Waals surface area contributed by atoms with Gasteiger partial charge >= 0.3 is 6.01 Å². The highest BCUT2D eigenvalue weighted by Crippen LogP contribution is 2.19. The van der Waals surface area contributed by atoms with E-state index in [1.165, 1.54) is 0 Å². The van der Waals surface area contributed by atoms with E-state index in [-0.39, 0.29) is 6.01 Å². The molecule has 0 radical (unpaired) electrons. The number of nitrogens with one attached hydrogen (secondary N) is 1. The first kappa shape index (κ1) is 12.0. The lowest BCUT2D eigenvalue weighted by Crippen LogP contribution is -1.91. The fourth-order valence-corrected chi connectivity index (χ4v) is 1.64. The number of benzene rings is 1. The topological polar surface area (TPSA) is 80.8 Å². The van der Waals surface area contributed by atoms with Crippen molar-refractivity contribution in [2.45, 2.75) is 0 Å². The molecular weight excluding hydrogens is 256 g/mol. The summed E-state index contributed by atoms with van der Waals surface area (Å²) < 4.78 is 5.49. The standard InChI is InChI=1S/C14H10N4O2/c19-9-11-6-13(18-17-11)10-7-15-14(16-8-10)20-12-4-2-1-3-5-12/h1-9H,(H,17,18). The minimum atomic E-state index is 0.256. The van der Waals surface area contributed by atoms with E-state index in [4.69, 9.17) is 4.74 Å². The van der Waals surface area contributed by atoms with Gasteiger partial charge < -0.3 is 4.74 Å². The zero-order valence-corrected chi connectivity index (χ0v) is 10.4. The molecule has 0 saturated heterocycles. The lowest BCUT2D eigenvalue weighted by Gasteiger charge is -2.03. The molecule has 3 aromatic rings. The number of aromatic nitrogens is 4. The van der Waals surface area contributed by atoms with Gasteiger partial charge in [0, 0.05) is 18.0 Å². The molecule has 20 heavy (non-hydrogen) atoms. The molecule has 0 unspecified atom stereocenters. The van der Waals surface area contributed by atoms with Crippen molar-refractivity contribution in [3.63, 3.8) is 0 Å². The number of hydrogen-bond donors (Lipinski definition) is 1. The van der Waals surface area contributed by atoms with Crippen molar-refractivity contribution in [3.05, 3.63) is 54.5 Å². The largest absolute Gasteiger partial charge is 0.424 e. The summed E-state index contributed by atoms with van der Waals surface area (Å²) in [5, 5.41) is 6.60. The minimum Gasteiger partial charge on any atom is -0.424 e. The summed E-state index contributed by atoms with van der Waals surface area (Å²) in [5.41, 5.74) is 1.72. The van der Waals surface area contributed by atoms with Crippen LogP contribution in [0.15, 0.2) is 48.8 Å². The first-order chi connectivity index (χ1) is 9.85. The van der Waals surface area contributed by atoms with Crippen LogP contribution < -0.4 is 4.74 Å². The van der Waals surface area contributed by atoms with Gasteiger partial charge in [-0.15, -0.1) is 0 Å². The quantitative estimate of drug-likeness (QED) is 0.734. The van der Waals surface area contributed by atoms with E-state index in [0.717, 1.165) is 0 Å². The highest BCUT2D eigenvalue weighted by Gasteiger charge is 2.06. The summed E-state index contributed by atoms with van der Waals surface area (Å²) >= 11 is 0. The number of rotatable bonds is 4. The molecule has 0 amide bonds. The number of aldehydes is 1. The molecule has 1 aromatic carbocycles. The Balaban J connectivity index is 1.79. The average molecular weight is 266 g/mol. The molecule has 0 aliphatic carbocycles. The smallest absolute Gasteiger partial charge is 0.321 e. The summed E-state index contributed by atoms with van der Waals surface area (Å²) in [6, 6.07) is 11.2. The number of hydrogen-bond acceptors (Lipinski definition) is 5. The third-order valence-electron chi connectivity index (χ3n) is 2.60. The van der Waals surface area contributed by atoms with E-state index in [9.17, 15) is 4.79 Å². The van der Waals surface area contributed by atoms with Crippen LogP contribution in [0.2, 0.25) is 0 Å². The summed E-state index contributed by atoms with van der Waals surface area (Å²) in [5.74, 6) is 0.670. The molecule has 0 fully saturated rings.